The normalized spacial score (nSPS) is 14.8. The van der Waals surface area contributed by atoms with E-state index < -0.39 is 11.6 Å². The number of aromatic nitrogens is 2. The van der Waals surface area contributed by atoms with Crippen LogP contribution < -0.4 is 4.74 Å². The number of likely N-dealkylation sites (tertiary alicyclic amines) is 1. The van der Waals surface area contributed by atoms with E-state index in [4.69, 9.17) is 10.00 Å². The van der Waals surface area contributed by atoms with Crippen molar-refractivity contribution >= 4 is 16.9 Å². The summed E-state index contributed by atoms with van der Waals surface area (Å²) < 4.78 is 34.6. The van der Waals surface area contributed by atoms with Crippen molar-refractivity contribution in [2.24, 2.45) is 0 Å². The van der Waals surface area contributed by atoms with E-state index in [1.54, 1.807) is 11.9 Å². The van der Waals surface area contributed by atoms with Crippen LogP contribution in [0.15, 0.2) is 54.7 Å². The van der Waals surface area contributed by atoms with E-state index in [0.717, 1.165) is 69.4 Å². The van der Waals surface area contributed by atoms with Crippen LogP contribution in [0, 0.1) is 23.0 Å². The van der Waals surface area contributed by atoms with Gasteiger partial charge in [0, 0.05) is 35.2 Å². The van der Waals surface area contributed by atoms with E-state index in [0.29, 0.717) is 33.8 Å². The van der Waals surface area contributed by atoms with Gasteiger partial charge in [-0.3, -0.25) is 4.79 Å². The van der Waals surface area contributed by atoms with Gasteiger partial charge in [-0.15, -0.1) is 0 Å². The second-order valence-electron chi connectivity index (χ2n) is 11.9. The number of pyridine rings is 1. The third-order valence-corrected chi connectivity index (χ3v) is 9.05. The van der Waals surface area contributed by atoms with E-state index in [9.17, 15) is 9.18 Å². The molecule has 1 aliphatic rings. The Morgan fingerprint density at radius 3 is 2.62 bits per heavy atom. The number of benzene rings is 2. The number of ether oxygens (including phenoxy) is 1. The van der Waals surface area contributed by atoms with Gasteiger partial charge >= 0.3 is 0 Å². The van der Waals surface area contributed by atoms with E-state index in [-0.39, 0.29) is 18.4 Å². The number of H-pyrrole nitrogens is 1. The van der Waals surface area contributed by atoms with Gasteiger partial charge in [0.2, 0.25) is 5.91 Å². The van der Waals surface area contributed by atoms with Crippen LogP contribution in [0.4, 0.5) is 8.78 Å². The third kappa shape index (κ3) is 7.34. The lowest BCUT2D eigenvalue weighted by Gasteiger charge is -2.31. The monoisotopic (exact) mass is 613 g/mol. The molecule has 236 valence electrons. The van der Waals surface area contributed by atoms with Gasteiger partial charge in [0.05, 0.1) is 25.4 Å². The van der Waals surface area contributed by atoms with E-state index >= 15 is 4.39 Å². The molecule has 1 aliphatic heterocycles. The Morgan fingerprint density at radius 1 is 1.18 bits per heavy atom. The van der Waals surface area contributed by atoms with Crippen LogP contribution in [0.1, 0.15) is 74.2 Å². The van der Waals surface area contributed by atoms with Crippen LogP contribution in [-0.2, 0) is 11.2 Å². The first-order valence-corrected chi connectivity index (χ1v) is 15.8. The average molecular weight is 614 g/mol. The molecule has 1 amide bonds. The Kier molecular flexibility index (Phi) is 10.5. The molecular weight excluding hydrogens is 572 g/mol. The van der Waals surface area contributed by atoms with Gasteiger partial charge in [-0.05, 0) is 87.1 Å². The molecule has 1 fully saturated rings. The fourth-order valence-electron chi connectivity index (χ4n) is 6.54. The van der Waals surface area contributed by atoms with Crippen molar-refractivity contribution in [1.29, 1.82) is 5.26 Å². The van der Waals surface area contributed by atoms with E-state index in [2.05, 4.69) is 46.1 Å². The summed E-state index contributed by atoms with van der Waals surface area (Å²) in [6.07, 6.45) is 6.90. The van der Waals surface area contributed by atoms with Crippen LogP contribution >= 0.6 is 0 Å². The summed E-state index contributed by atoms with van der Waals surface area (Å²) in [5.74, 6) is -0.396. The number of methoxy groups -OCH3 is 1. The van der Waals surface area contributed by atoms with Crippen LogP contribution in [0.5, 0.6) is 5.75 Å². The molecule has 0 radical (unpaired) electrons. The average Bonchev–Trinajstić information content (AvgIpc) is 3.48. The molecular formula is C36H41F2N5O2. The third-order valence-electron chi connectivity index (χ3n) is 9.05. The number of nitrogens with one attached hydrogen (secondary N) is 1. The van der Waals surface area contributed by atoms with Gasteiger partial charge < -0.3 is 19.5 Å². The highest BCUT2D eigenvalue weighted by molar-refractivity contribution is 5.95. The van der Waals surface area contributed by atoms with Gasteiger partial charge in [0.15, 0.2) is 0 Å². The zero-order valence-corrected chi connectivity index (χ0v) is 26.3. The number of hydrogen-bond donors (Lipinski definition) is 1. The molecule has 0 spiro atoms. The maximum absolute atomic E-state index is 15.1. The maximum atomic E-state index is 15.1. The van der Waals surface area contributed by atoms with Crippen molar-refractivity contribution in [3.05, 3.63) is 83.2 Å². The molecule has 9 heteroatoms. The van der Waals surface area contributed by atoms with E-state index in [1.807, 2.05) is 12.1 Å². The Balaban J connectivity index is 1.17. The van der Waals surface area contributed by atoms with Gasteiger partial charge in [-0.1, -0.05) is 37.6 Å². The van der Waals surface area contributed by atoms with Crippen LogP contribution in [0.2, 0.25) is 0 Å². The second kappa shape index (κ2) is 14.7. The lowest BCUT2D eigenvalue weighted by Crippen LogP contribution is -2.34. The number of nitriles is 1. The van der Waals surface area contributed by atoms with E-state index in [1.165, 1.54) is 37.1 Å². The first-order valence-electron chi connectivity index (χ1n) is 15.8. The summed E-state index contributed by atoms with van der Waals surface area (Å²) >= 11 is 0. The standard InChI is InChI=1S/C36H41F2N5O2/c1-4-6-32(42(2)34(44)14-17-39)26-10-8-24(9-11-26)7-5-18-43-19-15-25(16-20-43)31-22-29-35(30(38)23-40-36(29)41-31)28-21-27(37)12-13-33(28)45-3/h8-13,21-23,25,32H,4-7,14-16,18-20H2,1-3H3,(H,40,41). The lowest BCUT2D eigenvalue weighted by molar-refractivity contribution is -0.131. The molecule has 5 rings (SSSR count). The predicted octanol–water partition coefficient (Wildman–Crippen LogP) is 7.54. The smallest absolute Gasteiger partial charge is 0.237 e. The largest absolute Gasteiger partial charge is 0.496 e. The second-order valence-corrected chi connectivity index (χ2v) is 11.9. The molecule has 2 aromatic carbocycles. The Morgan fingerprint density at radius 2 is 1.93 bits per heavy atom. The minimum atomic E-state index is -0.514. The highest BCUT2D eigenvalue weighted by atomic mass is 19.1. The number of hydrogen-bond acceptors (Lipinski definition) is 5. The molecule has 3 heterocycles. The molecule has 1 N–H and O–H groups in total. The molecule has 0 bridgehead atoms. The number of piperidine rings is 1. The molecule has 2 aromatic heterocycles. The fourth-order valence-corrected chi connectivity index (χ4v) is 6.54. The SMILES string of the molecule is CCCC(c1ccc(CCCN2CCC(c3cc4c(-c5cc(F)ccc5OC)c(F)cnc4[nH]3)CC2)cc1)N(C)C(=O)CC#N. The van der Waals surface area contributed by atoms with Crippen molar-refractivity contribution in [2.75, 3.05) is 33.8 Å². The van der Waals surface area contributed by atoms with Gasteiger partial charge in [-0.25, -0.2) is 13.8 Å². The van der Waals surface area contributed by atoms with Gasteiger partial charge in [0.1, 0.15) is 29.5 Å². The van der Waals surface area contributed by atoms with Crippen molar-refractivity contribution in [2.45, 2.75) is 63.8 Å². The number of rotatable bonds is 12. The zero-order valence-electron chi connectivity index (χ0n) is 26.3. The molecule has 45 heavy (non-hydrogen) atoms. The summed E-state index contributed by atoms with van der Waals surface area (Å²) in [4.78, 5) is 24.2. The lowest BCUT2D eigenvalue weighted by atomic mass is 9.92. The van der Waals surface area contributed by atoms with Crippen LogP contribution in [-0.4, -0.2) is 59.5 Å². The Bertz CT molecular complexity index is 1650. The number of nitrogens with zero attached hydrogens (tertiary/aromatic N) is 4. The van der Waals surface area contributed by atoms with Gasteiger partial charge in [0.25, 0.3) is 0 Å². The quantitative estimate of drug-likeness (QED) is 0.178. The van der Waals surface area contributed by atoms with Crippen molar-refractivity contribution in [3.8, 4) is 22.9 Å². The first-order chi connectivity index (χ1) is 21.8. The zero-order chi connectivity index (χ0) is 31.9. The molecule has 7 nitrogen and oxygen atoms in total. The van der Waals surface area contributed by atoms with Gasteiger partial charge in [-0.2, -0.15) is 5.26 Å². The number of carbonyl (C=O) groups excluding carboxylic acids is 1. The number of aryl methyl sites for hydroxylation is 1. The molecule has 1 unspecified atom stereocenters. The number of carbonyl (C=O) groups is 1. The molecule has 1 atom stereocenters. The summed E-state index contributed by atoms with van der Waals surface area (Å²) in [5.41, 5.74) is 4.66. The Labute approximate surface area is 263 Å². The molecule has 0 saturated carbocycles. The Hall–Kier alpha value is -4.29. The van der Waals surface area contributed by atoms with Crippen LogP contribution in [0.3, 0.4) is 0 Å². The predicted molar refractivity (Wildman–Crippen MR) is 172 cm³/mol. The highest BCUT2D eigenvalue weighted by Gasteiger charge is 2.25. The minimum Gasteiger partial charge on any atom is -0.496 e. The molecule has 0 aliphatic carbocycles. The first kappa shape index (κ1) is 32.1. The van der Waals surface area contributed by atoms with Crippen LogP contribution in [0.25, 0.3) is 22.2 Å². The van der Waals surface area contributed by atoms with Crippen molar-refractivity contribution in [1.82, 2.24) is 19.8 Å². The topological polar surface area (TPSA) is 85.2 Å². The summed E-state index contributed by atoms with van der Waals surface area (Å²) in [5, 5.41) is 9.55. The molecule has 4 aromatic rings. The number of aromatic amines is 1. The summed E-state index contributed by atoms with van der Waals surface area (Å²) in [6, 6.07) is 16.6. The fraction of sp³-hybridized carbons (Fsp3) is 0.417. The number of halogens is 2. The summed E-state index contributed by atoms with van der Waals surface area (Å²) in [6.45, 7) is 5.08. The number of fused-ring (bicyclic) bond motifs is 1. The highest BCUT2D eigenvalue weighted by Crippen LogP contribution is 2.39. The minimum absolute atomic E-state index is 0.0194. The molecule has 1 saturated heterocycles. The number of amides is 1. The van der Waals surface area contributed by atoms with Crippen molar-refractivity contribution in [3.63, 3.8) is 0 Å². The summed E-state index contributed by atoms with van der Waals surface area (Å²) in [7, 11) is 3.28. The maximum Gasteiger partial charge on any atom is 0.237 e. The van der Waals surface area contributed by atoms with Crippen molar-refractivity contribution < 1.29 is 18.3 Å².